The van der Waals surface area contributed by atoms with Crippen molar-refractivity contribution in [2.24, 2.45) is 0 Å². The van der Waals surface area contributed by atoms with Crippen LogP contribution in [0.1, 0.15) is 0 Å². The third-order valence-corrected chi connectivity index (χ3v) is 6.17. The van der Waals surface area contributed by atoms with Crippen LogP contribution >= 0.6 is 0 Å². The molecule has 0 aromatic rings. The summed E-state index contributed by atoms with van der Waals surface area (Å²) in [6.45, 7) is 0. The number of carbonyl (C=O) groups is 1. The maximum atomic E-state index is 14.9. The first-order chi connectivity index (χ1) is 23.1. The topological polar surface area (TPSA) is 46.5 Å². The number of hydrogen-bond donors (Lipinski definition) is 1. The van der Waals surface area contributed by atoms with Crippen LogP contribution in [0.3, 0.4) is 0 Å². The number of halogens is 33. The predicted octanol–water partition coefficient (Wildman–Crippen LogP) is 10.7. The summed E-state index contributed by atoms with van der Waals surface area (Å²) in [6.07, 6.45) is -30.9. The van der Waals surface area contributed by atoms with Gasteiger partial charge in [0.1, 0.15) is 0 Å². The normalized spacial score (nSPS) is 17.8. The average molecular weight is 906 g/mol. The minimum atomic E-state index is -9.75. The predicted molar refractivity (Wildman–Crippen MR) is 98.1 cm³/mol. The monoisotopic (exact) mass is 906 g/mol. The van der Waals surface area contributed by atoms with Crippen LogP contribution in [0.4, 0.5) is 145 Å². The lowest BCUT2D eigenvalue weighted by molar-refractivity contribution is -0.505. The molecule has 3 nitrogen and oxygen atoms in total. The minimum absolute atomic E-state index is 1.11. The Hall–Kier alpha value is -3.14. The zero-order chi connectivity index (χ0) is 45.7. The fourth-order valence-corrected chi connectivity index (χ4v) is 2.96. The minimum Gasteiger partial charge on any atom is -0.478 e. The Labute approximate surface area is 274 Å². The summed E-state index contributed by atoms with van der Waals surface area (Å²) in [4.78, 5) is 10.4. The van der Waals surface area contributed by atoms with E-state index in [0.29, 0.717) is 0 Å². The molecule has 0 saturated carbocycles. The second-order valence-corrected chi connectivity index (χ2v) is 9.82. The highest BCUT2D eigenvalue weighted by Crippen LogP contribution is 2.67. The maximum Gasteiger partial charge on any atom is 0.460 e. The molecule has 0 fully saturated rings. The van der Waals surface area contributed by atoms with Gasteiger partial charge < -0.3 is 5.11 Å². The smallest absolute Gasteiger partial charge is 0.460 e. The molecule has 0 saturated heterocycles. The molecular formula is C19H3F33O3. The molecule has 1 atom stereocenters. The summed E-state index contributed by atoms with van der Waals surface area (Å²) in [5, 5.41) is 8.14. The lowest BCUT2D eigenvalue weighted by atomic mass is 9.88. The molecule has 0 aromatic heterocycles. The van der Waals surface area contributed by atoms with Crippen molar-refractivity contribution in [3.8, 4) is 0 Å². The highest BCUT2D eigenvalue weighted by molar-refractivity contribution is 5.79. The number of carboxylic acid groups (broad SMARTS) is 1. The van der Waals surface area contributed by atoms with Gasteiger partial charge in [-0.1, -0.05) is 0 Å². The first-order valence-corrected chi connectivity index (χ1v) is 11.5. The van der Waals surface area contributed by atoms with Crippen LogP contribution < -0.4 is 0 Å². The fraction of sp³-hybridized carbons (Fsp3) is 0.842. The van der Waals surface area contributed by atoms with Gasteiger partial charge in [0.25, 0.3) is 0 Å². The molecule has 0 aliphatic rings. The van der Waals surface area contributed by atoms with E-state index in [0.717, 1.165) is 4.74 Å². The van der Waals surface area contributed by atoms with E-state index in [9.17, 15) is 150 Å². The fourth-order valence-electron chi connectivity index (χ4n) is 2.96. The van der Waals surface area contributed by atoms with Gasteiger partial charge in [-0.05, 0) is 6.08 Å². The molecule has 0 aromatic carbocycles. The van der Waals surface area contributed by atoms with Crippen LogP contribution in [-0.4, -0.2) is 106 Å². The molecular weight excluding hydrogens is 903 g/mol. The number of aliphatic carboxylic acids is 1. The second-order valence-electron chi connectivity index (χ2n) is 9.82. The molecule has 1 unspecified atom stereocenters. The second kappa shape index (κ2) is 12.9. The number of carboxylic acids is 1. The van der Waals surface area contributed by atoms with E-state index >= 15 is 0 Å². The highest BCUT2D eigenvalue weighted by Gasteiger charge is 2.98. The Balaban J connectivity index is 7.92. The Morgan fingerprint density at radius 1 is 0.327 bits per heavy atom. The zero-order valence-electron chi connectivity index (χ0n) is 23.4. The van der Waals surface area contributed by atoms with E-state index in [1.807, 2.05) is 0 Å². The third kappa shape index (κ3) is 6.68. The summed E-state index contributed by atoms with van der Waals surface area (Å²) in [5.74, 6) is -125. The van der Waals surface area contributed by atoms with E-state index in [1.165, 1.54) is 0 Å². The molecule has 0 aliphatic carbocycles. The Morgan fingerprint density at radius 2 is 0.527 bits per heavy atom. The molecule has 0 radical (unpaired) electrons. The van der Waals surface area contributed by atoms with E-state index in [1.54, 1.807) is 0 Å². The molecule has 0 heterocycles. The first kappa shape index (κ1) is 51.9. The van der Waals surface area contributed by atoms with Crippen molar-refractivity contribution >= 4 is 5.97 Å². The van der Waals surface area contributed by atoms with Crippen molar-refractivity contribution in [1.29, 1.82) is 0 Å². The molecule has 0 spiro atoms. The summed E-state index contributed by atoms with van der Waals surface area (Å²) >= 11 is 0. The Kier molecular flexibility index (Phi) is 12.2. The standard InChI is InChI=1S/C19H3F33O3/c20-4(2-1-3(53)54,5(21,22)6(23,24)7(25,26)8(27,28)11(33,34)14(39,40)17(45,46)47)55-19(51,52)16(43,44)13(37,38)10(31,32)9(29,30)12(35,36)15(41,42)18(48,49)50/h1-2H,(H,53,54). The number of rotatable bonds is 16. The quantitative estimate of drug-likeness (QED) is 0.124. The van der Waals surface area contributed by atoms with Crippen molar-refractivity contribution in [3.63, 3.8) is 0 Å². The highest BCUT2D eigenvalue weighted by atomic mass is 19.4. The SMILES string of the molecule is O=C(O)C=CC(F)(OC(F)(F)C(F)(F)C(F)(F)C(F)(F)C(F)(F)C(F)(F)C(F)(F)C(F)(F)F)C(F)(F)C(F)(F)C(F)(F)C(F)(F)C(F)(F)C(F)(F)C(F)(F)F. The third-order valence-electron chi connectivity index (χ3n) is 6.17. The first-order valence-electron chi connectivity index (χ1n) is 11.5. The van der Waals surface area contributed by atoms with Gasteiger partial charge >= 0.3 is 101 Å². The van der Waals surface area contributed by atoms with Crippen LogP contribution in [0.5, 0.6) is 0 Å². The summed E-state index contributed by atoms with van der Waals surface area (Å²) in [5.41, 5.74) is 0. The molecule has 0 aliphatic heterocycles. The number of alkyl halides is 33. The Morgan fingerprint density at radius 3 is 0.745 bits per heavy atom. The van der Waals surface area contributed by atoms with Crippen molar-refractivity contribution in [1.82, 2.24) is 0 Å². The summed E-state index contributed by atoms with van der Waals surface area (Å²) in [6, 6.07) is 0. The molecule has 328 valence electrons. The van der Waals surface area contributed by atoms with Crippen LogP contribution in [0.25, 0.3) is 0 Å². The van der Waals surface area contributed by atoms with Crippen LogP contribution in [0.2, 0.25) is 0 Å². The molecule has 55 heavy (non-hydrogen) atoms. The maximum absolute atomic E-state index is 14.9. The summed E-state index contributed by atoms with van der Waals surface area (Å²) in [7, 11) is 0. The van der Waals surface area contributed by atoms with Crippen LogP contribution in [-0.2, 0) is 9.53 Å². The van der Waals surface area contributed by atoms with Crippen molar-refractivity contribution in [2.45, 2.75) is 95.4 Å². The van der Waals surface area contributed by atoms with E-state index < -0.39 is 114 Å². The van der Waals surface area contributed by atoms with Gasteiger partial charge in [0.05, 0.1) is 0 Å². The molecule has 0 rings (SSSR count). The molecule has 0 amide bonds. The lowest BCUT2D eigenvalue weighted by Gasteiger charge is -2.45. The van der Waals surface area contributed by atoms with Gasteiger partial charge in [-0.25, -0.2) is 9.18 Å². The zero-order valence-corrected chi connectivity index (χ0v) is 23.4. The average Bonchev–Trinajstić information content (AvgIpc) is 2.93. The van der Waals surface area contributed by atoms with Crippen molar-refractivity contribution in [3.05, 3.63) is 12.2 Å². The number of hydrogen-bond acceptors (Lipinski definition) is 2. The van der Waals surface area contributed by atoms with Gasteiger partial charge in [-0.2, -0.15) is 140 Å². The van der Waals surface area contributed by atoms with Gasteiger partial charge in [0.15, 0.2) is 0 Å². The summed E-state index contributed by atoms with van der Waals surface area (Å²) < 4.78 is 444. The van der Waals surface area contributed by atoms with Gasteiger partial charge in [-0.15, -0.1) is 0 Å². The van der Waals surface area contributed by atoms with Crippen molar-refractivity contribution < 1.29 is 160 Å². The van der Waals surface area contributed by atoms with E-state index in [2.05, 4.69) is 0 Å². The van der Waals surface area contributed by atoms with Gasteiger partial charge in [0.2, 0.25) is 0 Å². The van der Waals surface area contributed by atoms with Gasteiger partial charge in [0, 0.05) is 6.08 Å². The molecule has 36 heteroatoms. The van der Waals surface area contributed by atoms with E-state index in [4.69, 9.17) is 5.11 Å². The van der Waals surface area contributed by atoms with Crippen molar-refractivity contribution in [2.75, 3.05) is 0 Å². The molecule has 0 bridgehead atoms. The van der Waals surface area contributed by atoms with Crippen LogP contribution in [0, 0.1) is 0 Å². The van der Waals surface area contributed by atoms with E-state index in [-0.39, 0.29) is 0 Å². The van der Waals surface area contributed by atoms with Gasteiger partial charge in [-0.3, -0.25) is 4.74 Å². The largest absolute Gasteiger partial charge is 0.478 e. The number of ether oxygens (including phenoxy) is 1. The van der Waals surface area contributed by atoms with Crippen LogP contribution in [0.15, 0.2) is 12.2 Å². The molecule has 1 N–H and O–H groups in total. The lowest BCUT2D eigenvalue weighted by Crippen LogP contribution is -2.76. The Bertz CT molecular complexity index is 1450.